The summed E-state index contributed by atoms with van der Waals surface area (Å²) in [5, 5.41) is 0.594. The summed E-state index contributed by atoms with van der Waals surface area (Å²) < 4.78 is 1.94. The molecule has 0 bridgehead atoms. The van der Waals surface area contributed by atoms with Crippen LogP contribution in [0, 0.1) is 0 Å². The van der Waals surface area contributed by atoms with Crippen LogP contribution in [0.2, 0.25) is 0 Å². The van der Waals surface area contributed by atoms with Gasteiger partial charge in [0.25, 0.3) is 0 Å². The lowest BCUT2D eigenvalue weighted by Crippen LogP contribution is -2.45. The molecular weight excluding hydrogens is 246 g/mol. The molecule has 2 atom stereocenters. The lowest BCUT2D eigenvalue weighted by molar-refractivity contribution is 0.621. The Balaban J connectivity index is 2.10. The number of imidazole rings is 1. The van der Waals surface area contributed by atoms with Gasteiger partial charge < -0.3 is 15.0 Å². The standard InChI is InChI=1S/C12H17N5S/c1-8-9(2)18-6-5-17(8)12-11-14-3-4-16(11)7-10(13)15-12/h3-4,7-9H,5-6,13H2,1-2H3. The third-order valence-electron chi connectivity index (χ3n) is 3.53. The van der Waals surface area contributed by atoms with Crippen molar-refractivity contribution in [3.63, 3.8) is 0 Å². The number of nitrogens with two attached hydrogens (primary N) is 1. The van der Waals surface area contributed by atoms with Gasteiger partial charge in [-0.05, 0) is 6.92 Å². The zero-order chi connectivity index (χ0) is 12.7. The molecule has 0 radical (unpaired) electrons. The fraction of sp³-hybridized carbons (Fsp3) is 0.500. The highest BCUT2D eigenvalue weighted by molar-refractivity contribution is 8.00. The molecule has 0 aliphatic carbocycles. The Morgan fingerprint density at radius 3 is 3.11 bits per heavy atom. The lowest BCUT2D eigenvalue weighted by Gasteiger charge is -2.38. The Kier molecular flexibility index (Phi) is 2.81. The van der Waals surface area contributed by atoms with Gasteiger partial charge in [0.2, 0.25) is 0 Å². The molecule has 0 aromatic carbocycles. The maximum atomic E-state index is 5.88. The van der Waals surface area contributed by atoms with Gasteiger partial charge in [-0.25, -0.2) is 9.97 Å². The summed E-state index contributed by atoms with van der Waals surface area (Å²) in [4.78, 5) is 11.2. The van der Waals surface area contributed by atoms with E-state index in [1.54, 1.807) is 12.4 Å². The van der Waals surface area contributed by atoms with Gasteiger partial charge >= 0.3 is 0 Å². The van der Waals surface area contributed by atoms with E-state index in [4.69, 9.17) is 5.73 Å². The molecule has 2 unspecified atom stereocenters. The van der Waals surface area contributed by atoms with Crippen molar-refractivity contribution < 1.29 is 0 Å². The SMILES string of the molecule is CC1SCCN(c2nc(N)cn3ccnc23)C1C. The molecule has 2 N–H and O–H groups in total. The highest BCUT2D eigenvalue weighted by Gasteiger charge is 2.28. The van der Waals surface area contributed by atoms with E-state index in [1.165, 1.54) is 0 Å². The van der Waals surface area contributed by atoms with E-state index < -0.39 is 0 Å². The van der Waals surface area contributed by atoms with Crippen molar-refractivity contribution in [2.24, 2.45) is 0 Å². The molecule has 3 heterocycles. The smallest absolute Gasteiger partial charge is 0.180 e. The predicted molar refractivity (Wildman–Crippen MR) is 76.1 cm³/mol. The monoisotopic (exact) mass is 263 g/mol. The van der Waals surface area contributed by atoms with Gasteiger partial charge in [0.15, 0.2) is 11.5 Å². The fourth-order valence-corrected chi connectivity index (χ4v) is 3.46. The third-order valence-corrected chi connectivity index (χ3v) is 4.87. The first-order chi connectivity index (χ1) is 8.66. The maximum Gasteiger partial charge on any atom is 0.180 e. The Morgan fingerprint density at radius 1 is 1.44 bits per heavy atom. The van der Waals surface area contributed by atoms with Crippen molar-refractivity contribution in [2.45, 2.75) is 25.1 Å². The van der Waals surface area contributed by atoms with Crippen LogP contribution in [-0.2, 0) is 0 Å². The summed E-state index contributed by atoms with van der Waals surface area (Å²) in [6.45, 7) is 5.49. The molecule has 2 aromatic heterocycles. The van der Waals surface area contributed by atoms with Gasteiger partial charge in [0.1, 0.15) is 5.82 Å². The Labute approximate surface area is 110 Å². The first-order valence-electron chi connectivity index (χ1n) is 6.14. The quantitative estimate of drug-likeness (QED) is 0.847. The summed E-state index contributed by atoms with van der Waals surface area (Å²) in [6, 6.07) is 0.443. The number of fused-ring (bicyclic) bond motifs is 1. The van der Waals surface area contributed by atoms with Crippen molar-refractivity contribution >= 4 is 29.0 Å². The van der Waals surface area contributed by atoms with E-state index in [2.05, 4.69) is 28.7 Å². The Bertz CT molecular complexity index is 567. The highest BCUT2D eigenvalue weighted by atomic mass is 32.2. The van der Waals surface area contributed by atoms with Crippen LogP contribution in [-0.4, -0.2) is 38.0 Å². The number of aromatic nitrogens is 3. The molecular formula is C12H17N5S. The minimum Gasteiger partial charge on any atom is -0.382 e. The highest BCUT2D eigenvalue weighted by Crippen LogP contribution is 2.30. The van der Waals surface area contributed by atoms with Gasteiger partial charge in [-0.3, -0.25) is 0 Å². The lowest BCUT2D eigenvalue weighted by atomic mass is 10.2. The number of anilines is 2. The van der Waals surface area contributed by atoms with Crippen LogP contribution in [0.15, 0.2) is 18.6 Å². The van der Waals surface area contributed by atoms with Gasteiger partial charge in [-0.1, -0.05) is 6.92 Å². The van der Waals surface area contributed by atoms with E-state index >= 15 is 0 Å². The predicted octanol–water partition coefficient (Wildman–Crippen LogP) is 1.64. The molecule has 5 nitrogen and oxygen atoms in total. The number of thioether (sulfide) groups is 1. The second-order valence-electron chi connectivity index (χ2n) is 4.66. The van der Waals surface area contributed by atoms with Gasteiger partial charge in [-0.2, -0.15) is 11.8 Å². The molecule has 96 valence electrons. The first kappa shape index (κ1) is 11.6. The summed E-state index contributed by atoms with van der Waals surface area (Å²) >= 11 is 2.01. The molecule has 3 rings (SSSR count). The Morgan fingerprint density at radius 2 is 2.28 bits per heavy atom. The van der Waals surface area contributed by atoms with Crippen molar-refractivity contribution in [3.05, 3.63) is 18.6 Å². The minimum absolute atomic E-state index is 0.443. The summed E-state index contributed by atoms with van der Waals surface area (Å²) in [5.41, 5.74) is 6.76. The second kappa shape index (κ2) is 4.35. The summed E-state index contributed by atoms with van der Waals surface area (Å²) in [5.74, 6) is 2.56. The van der Waals surface area contributed by atoms with Crippen LogP contribution in [0.4, 0.5) is 11.6 Å². The maximum absolute atomic E-state index is 5.88. The van der Waals surface area contributed by atoms with E-state index in [0.717, 1.165) is 23.8 Å². The van der Waals surface area contributed by atoms with Gasteiger partial charge in [0.05, 0.1) is 6.20 Å². The largest absolute Gasteiger partial charge is 0.382 e. The van der Waals surface area contributed by atoms with Crippen molar-refractivity contribution in [1.82, 2.24) is 14.4 Å². The van der Waals surface area contributed by atoms with E-state index in [-0.39, 0.29) is 0 Å². The summed E-state index contributed by atoms with van der Waals surface area (Å²) in [7, 11) is 0. The second-order valence-corrected chi connectivity index (χ2v) is 6.14. The van der Waals surface area contributed by atoms with Gasteiger partial charge in [-0.15, -0.1) is 0 Å². The zero-order valence-electron chi connectivity index (χ0n) is 10.6. The van der Waals surface area contributed by atoms with E-state index in [0.29, 0.717) is 17.1 Å². The van der Waals surface area contributed by atoms with Crippen molar-refractivity contribution in [1.29, 1.82) is 0 Å². The molecule has 0 spiro atoms. The third kappa shape index (κ3) is 1.80. The number of nitrogens with zero attached hydrogens (tertiary/aromatic N) is 4. The number of hydrogen-bond donors (Lipinski definition) is 1. The average Bonchev–Trinajstić information content (AvgIpc) is 2.79. The molecule has 1 aliphatic rings. The molecule has 1 aliphatic heterocycles. The number of hydrogen-bond acceptors (Lipinski definition) is 5. The van der Waals surface area contributed by atoms with Crippen molar-refractivity contribution in [2.75, 3.05) is 22.9 Å². The first-order valence-corrected chi connectivity index (χ1v) is 7.19. The molecule has 2 aromatic rings. The van der Waals surface area contributed by atoms with Crippen LogP contribution in [0.1, 0.15) is 13.8 Å². The van der Waals surface area contributed by atoms with Gasteiger partial charge in [0, 0.05) is 36.0 Å². The van der Waals surface area contributed by atoms with Crippen molar-refractivity contribution in [3.8, 4) is 0 Å². The normalized spacial score (nSPS) is 24.7. The summed E-state index contributed by atoms with van der Waals surface area (Å²) in [6.07, 6.45) is 5.50. The number of nitrogen functional groups attached to an aromatic ring is 1. The molecule has 6 heteroatoms. The topological polar surface area (TPSA) is 59.5 Å². The van der Waals surface area contributed by atoms with Crippen LogP contribution in [0.3, 0.4) is 0 Å². The minimum atomic E-state index is 0.443. The molecule has 0 amide bonds. The molecule has 0 saturated carbocycles. The van der Waals surface area contributed by atoms with Crippen LogP contribution in [0.25, 0.3) is 5.65 Å². The fourth-order valence-electron chi connectivity index (χ4n) is 2.36. The average molecular weight is 263 g/mol. The van der Waals surface area contributed by atoms with Crippen LogP contribution in [0.5, 0.6) is 0 Å². The zero-order valence-corrected chi connectivity index (χ0v) is 11.4. The van der Waals surface area contributed by atoms with Crippen LogP contribution < -0.4 is 10.6 Å². The molecule has 1 fully saturated rings. The molecule has 1 saturated heterocycles. The van der Waals surface area contributed by atoms with Crippen LogP contribution >= 0.6 is 11.8 Å². The van der Waals surface area contributed by atoms with E-state index in [1.807, 2.05) is 22.4 Å². The molecule has 18 heavy (non-hydrogen) atoms. The Hall–Kier alpha value is -1.43. The van der Waals surface area contributed by atoms with E-state index in [9.17, 15) is 0 Å². The number of rotatable bonds is 1.